The van der Waals surface area contributed by atoms with Crippen molar-refractivity contribution in [3.8, 4) is 11.5 Å². The van der Waals surface area contributed by atoms with Crippen molar-refractivity contribution >= 4 is 11.6 Å². The number of para-hydroxylation sites is 1. The van der Waals surface area contributed by atoms with E-state index >= 15 is 0 Å². The number of amides is 1. The molecule has 0 saturated heterocycles. The van der Waals surface area contributed by atoms with Crippen molar-refractivity contribution in [1.29, 1.82) is 0 Å². The van der Waals surface area contributed by atoms with Gasteiger partial charge in [0.2, 0.25) is 5.91 Å². The van der Waals surface area contributed by atoms with Crippen LogP contribution in [0.4, 0.5) is 5.69 Å². The number of nitrogens with one attached hydrogen (secondary N) is 2. The Balaban J connectivity index is 1.37. The number of benzene rings is 2. The van der Waals surface area contributed by atoms with Crippen LogP contribution in [0.5, 0.6) is 11.5 Å². The van der Waals surface area contributed by atoms with E-state index in [4.69, 9.17) is 13.9 Å². The Kier molecular flexibility index (Phi) is 6.75. The molecule has 1 heterocycles. The first-order valence-corrected chi connectivity index (χ1v) is 8.73. The predicted molar refractivity (Wildman–Crippen MR) is 103 cm³/mol. The highest BCUT2D eigenvalue weighted by Gasteiger charge is 2.03. The molecule has 0 bridgehead atoms. The molecule has 6 nitrogen and oxygen atoms in total. The third kappa shape index (κ3) is 6.43. The molecule has 0 spiro atoms. The van der Waals surface area contributed by atoms with Gasteiger partial charge in [0.25, 0.3) is 0 Å². The fourth-order valence-electron chi connectivity index (χ4n) is 2.38. The number of hydrogen-bond acceptors (Lipinski definition) is 5. The van der Waals surface area contributed by atoms with E-state index in [-0.39, 0.29) is 12.5 Å². The summed E-state index contributed by atoms with van der Waals surface area (Å²) in [5, 5.41) is 5.86. The van der Waals surface area contributed by atoms with Gasteiger partial charge in [0.1, 0.15) is 30.5 Å². The number of rotatable bonds is 10. The summed E-state index contributed by atoms with van der Waals surface area (Å²) in [5.74, 6) is 2.13. The topological polar surface area (TPSA) is 72.7 Å². The third-order valence-electron chi connectivity index (χ3n) is 3.69. The smallest absolute Gasteiger partial charge is 0.239 e. The molecule has 0 aliphatic heterocycles. The van der Waals surface area contributed by atoms with Crippen LogP contribution in [-0.2, 0) is 11.3 Å². The molecule has 3 rings (SSSR count). The molecule has 1 aromatic heterocycles. The molecular weight excluding hydrogens is 344 g/mol. The lowest BCUT2D eigenvalue weighted by Gasteiger charge is -2.11. The summed E-state index contributed by atoms with van der Waals surface area (Å²) < 4.78 is 16.5. The van der Waals surface area contributed by atoms with Gasteiger partial charge in [0.15, 0.2) is 0 Å². The fourth-order valence-corrected chi connectivity index (χ4v) is 2.38. The standard InChI is InChI=1S/C21H22N2O4/c24-21(23-15-20-10-5-11-25-20)16-22-17-6-4-9-19(14-17)27-13-12-26-18-7-2-1-3-8-18/h1-11,14,22H,12-13,15-16H2,(H,23,24). The lowest BCUT2D eigenvalue weighted by molar-refractivity contribution is -0.119. The van der Waals surface area contributed by atoms with Crippen molar-refractivity contribution in [2.45, 2.75) is 6.54 Å². The van der Waals surface area contributed by atoms with Crippen LogP contribution in [0.25, 0.3) is 0 Å². The van der Waals surface area contributed by atoms with Crippen molar-refractivity contribution in [1.82, 2.24) is 5.32 Å². The monoisotopic (exact) mass is 366 g/mol. The molecule has 0 atom stereocenters. The van der Waals surface area contributed by atoms with E-state index in [1.807, 2.05) is 60.7 Å². The first-order valence-electron chi connectivity index (χ1n) is 8.73. The minimum absolute atomic E-state index is 0.117. The zero-order chi connectivity index (χ0) is 18.7. The Labute approximate surface area is 158 Å². The summed E-state index contributed by atoms with van der Waals surface area (Å²) >= 11 is 0. The molecule has 27 heavy (non-hydrogen) atoms. The summed E-state index contributed by atoms with van der Waals surface area (Å²) in [5.41, 5.74) is 0.810. The second-order valence-corrected chi connectivity index (χ2v) is 5.75. The summed E-state index contributed by atoms with van der Waals surface area (Å²) in [6, 6.07) is 20.7. The molecule has 0 unspecified atom stereocenters. The van der Waals surface area contributed by atoms with E-state index in [1.165, 1.54) is 0 Å². The van der Waals surface area contributed by atoms with Crippen LogP contribution in [0.2, 0.25) is 0 Å². The van der Waals surface area contributed by atoms with Crippen molar-refractivity contribution in [2.75, 3.05) is 25.1 Å². The van der Waals surface area contributed by atoms with Crippen LogP contribution < -0.4 is 20.1 Å². The van der Waals surface area contributed by atoms with Crippen LogP contribution >= 0.6 is 0 Å². The average Bonchev–Trinajstić information content (AvgIpc) is 3.23. The first-order chi connectivity index (χ1) is 13.3. The van der Waals surface area contributed by atoms with Gasteiger partial charge in [-0.1, -0.05) is 24.3 Å². The van der Waals surface area contributed by atoms with E-state index in [2.05, 4.69) is 10.6 Å². The fraction of sp³-hybridized carbons (Fsp3) is 0.190. The second kappa shape index (κ2) is 9.91. The Morgan fingerprint density at radius 3 is 2.44 bits per heavy atom. The van der Waals surface area contributed by atoms with Crippen LogP contribution in [0.3, 0.4) is 0 Å². The number of ether oxygens (including phenoxy) is 2. The lowest BCUT2D eigenvalue weighted by atomic mass is 10.3. The Morgan fingerprint density at radius 2 is 1.67 bits per heavy atom. The summed E-state index contributed by atoms with van der Waals surface area (Å²) in [4.78, 5) is 11.9. The van der Waals surface area contributed by atoms with Crippen molar-refractivity contribution in [3.63, 3.8) is 0 Å². The second-order valence-electron chi connectivity index (χ2n) is 5.75. The van der Waals surface area contributed by atoms with Crippen molar-refractivity contribution in [2.24, 2.45) is 0 Å². The highest BCUT2D eigenvalue weighted by Crippen LogP contribution is 2.17. The summed E-state index contributed by atoms with van der Waals surface area (Å²) in [6.45, 7) is 1.43. The molecule has 0 aliphatic rings. The van der Waals surface area contributed by atoms with Gasteiger partial charge in [-0.2, -0.15) is 0 Å². The molecule has 2 aromatic carbocycles. The summed E-state index contributed by atoms with van der Waals surface area (Å²) in [6.07, 6.45) is 1.58. The van der Waals surface area contributed by atoms with E-state index in [9.17, 15) is 4.79 Å². The van der Waals surface area contributed by atoms with Crippen molar-refractivity contribution < 1.29 is 18.7 Å². The van der Waals surface area contributed by atoms with Crippen LogP contribution in [0.1, 0.15) is 5.76 Å². The highest BCUT2D eigenvalue weighted by molar-refractivity contribution is 5.80. The Bertz CT molecular complexity index is 819. The number of hydrogen-bond donors (Lipinski definition) is 2. The molecule has 6 heteroatoms. The van der Waals surface area contributed by atoms with Gasteiger partial charge in [-0.25, -0.2) is 0 Å². The number of furan rings is 1. The molecule has 0 radical (unpaired) electrons. The van der Waals surface area contributed by atoms with Crippen LogP contribution in [0.15, 0.2) is 77.4 Å². The van der Waals surface area contributed by atoms with Crippen LogP contribution in [-0.4, -0.2) is 25.7 Å². The molecule has 2 N–H and O–H groups in total. The molecular formula is C21H22N2O4. The van der Waals surface area contributed by atoms with Gasteiger partial charge in [-0.15, -0.1) is 0 Å². The van der Waals surface area contributed by atoms with E-state index in [0.717, 1.165) is 17.2 Å². The lowest BCUT2D eigenvalue weighted by Crippen LogP contribution is -2.29. The Morgan fingerprint density at radius 1 is 0.889 bits per heavy atom. The molecule has 0 saturated carbocycles. The zero-order valence-electron chi connectivity index (χ0n) is 14.9. The molecule has 3 aromatic rings. The van der Waals surface area contributed by atoms with Crippen LogP contribution in [0, 0.1) is 0 Å². The number of carbonyl (C=O) groups is 1. The minimum Gasteiger partial charge on any atom is -0.490 e. The largest absolute Gasteiger partial charge is 0.490 e. The maximum atomic E-state index is 11.9. The molecule has 0 aliphatic carbocycles. The van der Waals surface area contributed by atoms with Gasteiger partial charge in [-0.05, 0) is 36.4 Å². The molecule has 0 fully saturated rings. The van der Waals surface area contributed by atoms with E-state index in [0.29, 0.717) is 25.5 Å². The third-order valence-corrected chi connectivity index (χ3v) is 3.69. The number of carbonyl (C=O) groups excluding carboxylic acids is 1. The Hall–Kier alpha value is -3.41. The number of anilines is 1. The van der Waals surface area contributed by atoms with Gasteiger partial charge >= 0.3 is 0 Å². The van der Waals surface area contributed by atoms with Gasteiger partial charge in [0.05, 0.1) is 19.4 Å². The maximum absolute atomic E-state index is 11.9. The van der Waals surface area contributed by atoms with Gasteiger partial charge < -0.3 is 24.5 Å². The SMILES string of the molecule is O=C(CNc1cccc(OCCOc2ccccc2)c1)NCc1ccco1. The highest BCUT2D eigenvalue weighted by atomic mass is 16.5. The van der Waals surface area contributed by atoms with Crippen molar-refractivity contribution in [3.05, 3.63) is 78.8 Å². The molecule has 1 amide bonds. The zero-order valence-corrected chi connectivity index (χ0v) is 14.9. The minimum atomic E-state index is -0.117. The van der Waals surface area contributed by atoms with Gasteiger partial charge in [-0.3, -0.25) is 4.79 Å². The average molecular weight is 366 g/mol. The van der Waals surface area contributed by atoms with E-state index in [1.54, 1.807) is 12.3 Å². The predicted octanol–water partition coefficient (Wildman–Crippen LogP) is 3.47. The first kappa shape index (κ1) is 18.4. The van der Waals surface area contributed by atoms with E-state index < -0.39 is 0 Å². The van der Waals surface area contributed by atoms with Gasteiger partial charge in [0, 0.05) is 11.8 Å². The molecule has 140 valence electrons. The normalized spacial score (nSPS) is 10.2. The summed E-state index contributed by atoms with van der Waals surface area (Å²) in [7, 11) is 0. The maximum Gasteiger partial charge on any atom is 0.239 e. The quantitative estimate of drug-likeness (QED) is 0.538.